The third-order valence-electron chi connectivity index (χ3n) is 5.30. The van der Waals surface area contributed by atoms with Crippen molar-refractivity contribution < 1.29 is 4.79 Å². The maximum atomic E-state index is 12.7. The molecular weight excluding hydrogens is 454 g/mol. The molecule has 3 N–H and O–H groups in total. The summed E-state index contributed by atoms with van der Waals surface area (Å²) in [5, 5.41) is 20.6. The number of nitrogens with zero attached hydrogens (tertiary/aromatic N) is 6. The summed E-state index contributed by atoms with van der Waals surface area (Å²) in [5.74, 6) is 1.77. The van der Waals surface area contributed by atoms with E-state index in [1.54, 1.807) is 18.2 Å². The van der Waals surface area contributed by atoms with E-state index in [9.17, 15) is 4.79 Å². The lowest BCUT2D eigenvalue weighted by molar-refractivity contribution is 0.102. The molecule has 0 spiro atoms. The number of rotatable bonds is 7. The van der Waals surface area contributed by atoms with Crippen molar-refractivity contribution in [3.05, 3.63) is 102 Å². The van der Waals surface area contributed by atoms with E-state index < -0.39 is 0 Å². The minimum Gasteiger partial charge on any atom is -0.340 e. The Morgan fingerprint density at radius 1 is 0.778 bits per heavy atom. The van der Waals surface area contributed by atoms with Gasteiger partial charge in [0.15, 0.2) is 0 Å². The molecule has 0 radical (unpaired) electrons. The van der Waals surface area contributed by atoms with Gasteiger partial charge >= 0.3 is 0 Å². The van der Waals surface area contributed by atoms with Crippen molar-refractivity contribution in [2.24, 2.45) is 0 Å². The van der Waals surface area contributed by atoms with Crippen molar-refractivity contribution in [3.8, 4) is 5.69 Å². The molecular formula is C26H23N9O. The molecule has 36 heavy (non-hydrogen) atoms. The van der Waals surface area contributed by atoms with Crippen LogP contribution >= 0.6 is 0 Å². The van der Waals surface area contributed by atoms with Gasteiger partial charge in [-0.3, -0.25) is 4.79 Å². The lowest BCUT2D eigenvalue weighted by Crippen LogP contribution is -2.12. The normalized spacial score (nSPS) is 10.6. The minimum atomic E-state index is -0.233. The van der Waals surface area contributed by atoms with Crippen LogP contribution in [0.5, 0.6) is 0 Å². The zero-order chi connectivity index (χ0) is 24.9. The molecule has 0 fully saturated rings. The Balaban J connectivity index is 1.25. The van der Waals surface area contributed by atoms with Crippen molar-refractivity contribution >= 4 is 34.6 Å². The molecule has 178 valence electrons. The van der Waals surface area contributed by atoms with Crippen LogP contribution in [0.1, 0.15) is 21.7 Å². The summed E-state index contributed by atoms with van der Waals surface area (Å²) in [7, 11) is 0. The van der Waals surface area contributed by atoms with Gasteiger partial charge < -0.3 is 16.0 Å². The number of hydrogen-bond acceptors (Lipinski definition) is 8. The fourth-order valence-electron chi connectivity index (χ4n) is 3.54. The van der Waals surface area contributed by atoms with Gasteiger partial charge in [-0.05, 0) is 78.9 Å². The number of carbonyl (C=O) groups excluding carboxylic acids is 1. The Bertz CT molecular complexity index is 1480. The summed E-state index contributed by atoms with van der Waals surface area (Å²) in [5.41, 5.74) is 4.83. The van der Waals surface area contributed by atoms with Crippen LogP contribution in [0.4, 0.5) is 28.7 Å². The number of benzene rings is 3. The number of carbonyl (C=O) groups is 1. The number of hydrogen-bond donors (Lipinski definition) is 3. The van der Waals surface area contributed by atoms with E-state index >= 15 is 0 Å². The number of aryl methyl sites for hydroxylation is 2. The number of anilines is 5. The summed E-state index contributed by atoms with van der Waals surface area (Å²) in [6.45, 7) is 3.89. The molecule has 0 aliphatic heterocycles. The van der Waals surface area contributed by atoms with E-state index in [0.717, 1.165) is 11.4 Å². The van der Waals surface area contributed by atoms with Gasteiger partial charge in [0.25, 0.3) is 5.91 Å². The van der Waals surface area contributed by atoms with Gasteiger partial charge in [-0.25, -0.2) is 14.6 Å². The SMILES string of the molecule is Cc1ccc(Nc2cc(Nc3ccc(NC(=O)c4cccc(-n5cnnn5)c4)cc3)nc(C)n2)cc1. The van der Waals surface area contributed by atoms with E-state index in [-0.39, 0.29) is 5.91 Å². The topological polar surface area (TPSA) is 123 Å². The maximum Gasteiger partial charge on any atom is 0.255 e. The van der Waals surface area contributed by atoms with Crippen LogP contribution in [-0.4, -0.2) is 36.1 Å². The molecule has 1 amide bonds. The molecule has 0 aliphatic carbocycles. The lowest BCUT2D eigenvalue weighted by Gasteiger charge is -2.11. The van der Waals surface area contributed by atoms with Crippen molar-refractivity contribution in [1.82, 2.24) is 30.2 Å². The summed E-state index contributed by atoms with van der Waals surface area (Å²) >= 11 is 0. The highest BCUT2D eigenvalue weighted by molar-refractivity contribution is 6.04. The van der Waals surface area contributed by atoms with E-state index in [4.69, 9.17) is 0 Å². The first-order valence-corrected chi connectivity index (χ1v) is 11.2. The van der Waals surface area contributed by atoms with Crippen LogP contribution < -0.4 is 16.0 Å². The average molecular weight is 478 g/mol. The Morgan fingerprint density at radius 3 is 2.06 bits per heavy atom. The monoisotopic (exact) mass is 477 g/mol. The van der Waals surface area contributed by atoms with E-state index in [1.807, 2.05) is 74.5 Å². The number of amides is 1. The average Bonchev–Trinajstić information content (AvgIpc) is 3.42. The van der Waals surface area contributed by atoms with Gasteiger partial charge in [0.05, 0.1) is 5.69 Å². The first kappa shape index (κ1) is 22.7. The zero-order valence-corrected chi connectivity index (χ0v) is 19.7. The van der Waals surface area contributed by atoms with Crippen molar-refractivity contribution in [2.75, 3.05) is 16.0 Å². The van der Waals surface area contributed by atoms with Crippen molar-refractivity contribution in [1.29, 1.82) is 0 Å². The molecule has 0 saturated heterocycles. The van der Waals surface area contributed by atoms with Crippen LogP contribution in [0.3, 0.4) is 0 Å². The number of aromatic nitrogens is 6. The summed E-state index contributed by atoms with van der Waals surface area (Å²) in [6.07, 6.45) is 1.48. The molecule has 3 aromatic carbocycles. The van der Waals surface area contributed by atoms with Crippen molar-refractivity contribution in [3.63, 3.8) is 0 Å². The third kappa shape index (κ3) is 5.50. The largest absolute Gasteiger partial charge is 0.340 e. The summed E-state index contributed by atoms with van der Waals surface area (Å²) in [6, 6.07) is 24.4. The first-order valence-electron chi connectivity index (χ1n) is 11.2. The van der Waals surface area contributed by atoms with Gasteiger partial charge in [-0.1, -0.05) is 23.8 Å². The lowest BCUT2D eigenvalue weighted by atomic mass is 10.2. The van der Waals surface area contributed by atoms with Crippen LogP contribution in [0.2, 0.25) is 0 Å². The summed E-state index contributed by atoms with van der Waals surface area (Å²) < 4.78 is 1.49. The highest BCUT2D eigenvalue weighted by Crippen LogP contribution is 2.22. The molecule has 5 rings (SSSR count). The molecule has 0 saturated carbocycles. The van der Waals surface area contributed by atoms with E-state index in [1.165, 1.54) is 16.6 Å². The molecule has 2 aromatic heterocycles. The highest BCUT2D eigenvalue weighted by atomic mass is 16.1. The van der Waals surface area contributed by atoms with Crippen LogP contribution in [0, 0.1) is 13.8 Å². The summed E-state index contributed by atoms with van der Waals surface area (Å²) in [4.78, 5) is 21.7. The third-order valence-corrected chi connectivity index (χ3v) is 5.30. The highest BCUT2D eigenvalue weighted by Gasteiger charge is 2.09. The van der Waals surface area contributed by atoms with Crippen LogP contribution in [0.15, 0.2) is 85.2 Å². The van der Waals surface area contributed by atoms with Gasteiger partial charge in [-0.2, -0.15) is 0 Å². The van der Waals surface area contributed by atoms with Gasteiger partial charge in [-0.15, -0.1) is 5.10 Å². The second kappa shape index (κ2) is 10.0. The van der Waals surface area contributed by atoms with Gasteiger partial charge in [0.2, 0.25) is 0 Å². The Hall–Kier alpha value is -5.12. The predicted molar refractivity (Wildman–Crippen MR) is 138 cm³/mol. The Kier molecular flexibility index (Phi) is 6.31. The molecule has 0 aliphatic rings. The fourth-order valence-corrected chi connectivity index (χ4v) is 3.54. The van der Waals surface area contributed by atoms with E-state index in [2.05, 4.69) is 41.4 Å². The minimum absolute atomic E-state index is 0.233. The van der Waals surface area contributed by atoms with Crippen LogP contribution in [0.25, 0.3) is 5.69 Å². The van der Waals surface area contributed by atoms with Crippen molar-refractivity contribution in [2.45, 2.75) is 13.8 Å². The number of tetrazole rings is 1. The molecule has 10 nitrogen and oxygen atoms in total. The molecule has 5 aromatic rings. The van der Waals surface area contributed by atoms with E-state index in [0.29, 0.717) is 34.4 Å². The smallest absolute Gasteiger partial charge is 0.255 e. The quantitative estimate of drug-likeness (QED) is 0.305. The fraction of sp³-hybridized carbons (Fsp3) is 0.0769. The van der Waals surface area contributed by atoms with Gasteiger partial charge in [0, 0.05) is 28.7 Å². The molecule has 0 atom stereocenters. The Morgan fingerprint density at radius 2 is 1.42 bits per heavy atom. The molecule has 2 heterocycles. The molecule has 0 bridgehead atoms. The number of nitrogens with one attached hydrogen (secondary N) is 3. The predicted octanol–water partition coefficient (Wildman–Crippen LogP) is 4.81. The standard InChI is InChI=1S/C26H23N9O/c1-17-6-8-20(9-7-17)30-24-15-25(29-18(2)28-24)31-21-10-12-22(13-11-21)32-26(36)19-4-3-5-23(14-19)35-16-27-33-34-35/h3-16H,1-2H3,(H,32,36)(H2,28,29,30,31). The zero-order valence-electron chi connectivity index (χ0n) is 19.7. The maximum absolute atomic E-state index is 12.7. The second-order valence-electron chi connectivity index (χ2n) is 8.14. The Labute approximate surface area is 207 Å². The van der Waals surface area contributed by atoms with Crippen LogP contribution in [-0.2, 0) is 0 Å². The van der Waals surface area contributed by atoms with Gasteiger partial charge in [0.1, 0.15) is 23.8 Å². The molecule has 10 heteroatoms. The second-order valence-corrected chi connectivity index (χ2v) is 8.14. The molecule has 0 unspecified atom stereocenters. The first-order chi connectivity index (χ1) is 17.5.